The average Bonchev–Trinajstić information content (AvgIpc) is 2.65. The van der Waals surface area contributed by atoms with E-state index in [-0.39, 0.29) is 18.4 Å². The number of halogens is 2. The predicted molar refractivity (Wildman–Crippen MR) is 112 cm³/mol. The first-order chi connectivity index (χ1) is 13.3. The molecule has 28 heavy (non-hydrogen) atoms. The Morgan fingerprint density at radius 3 is 2.57 bits per heavy atom. The van der Waals surface area contributed by atoms with Gasteiger partial charge in [0, 0.05) is 23.9 Å². The molecular weight excluding hydrogens is 399 g/mol. The molecule has 0 bridgehead atoms. The van der Waals surface area contributed by atoms with Crippen LogP contribution in [-0.2, 0) is 11.4 Å². The van der Waals surface area contributed by atoms with Gasteiger partial charge in [-0.05, 0) is 55.9 Å². The molecule has 0 saturated carbocycles. The maximum absolute atomic E-state index is 13.9. The molecule has 0 spiro atoms. The fourth-order valence-corrected chi connectivity index (χ4v) is 3.60. The van der Waals surface area contributed by atoms with Gasteiger partial charge >= 0.3 is 0 Å². The Labute approximate surface area is 173 Å². The van der Waals surface area contributed by atoms with Crippen LogP contribution in [-0.4, -0.2) is 22.8 Å². The molecule has 0 saturated heterocycles. The Hall–Kier alpha value is -2.44. The molecule has 1 atom stereocenters. The summed E-state index contributed by atoms with van der Waals surface area (Å²) in [6.07, 6.45) is 0. The minimum atomic E-state index is -0.403. The number of allylic oxidation sites excluding steroid dienone is 1. The number of ether oxygens (including phenoxy) is 1. The quantitative estimate of drug-likeness (QED) is 0.707. The second-order valence-electron chi connectivity index (χ2n) is 6.55. The normalized spacial score (nSPS) is 16.8. The van der Waals surface area contributed by atoms with E-state index in [2.05, 4.69) is 5.32 Å². The van der Waals surface area contributed by atoms with Crippen molar-refractivity contribution < 1.29 is 13.9 Å². The van der Waals surface area contributed by atoms with E-state index in [9.17, 15) is 9.18 Å². The second kappa shape index (κ2) is 8.29. The summed E-state index contributed by atoms with van der Waals surface area (Å²) < 4.78 is 19.5. The molecule has 4 nitrogen and oxygen atoms in total. The van der Waals surface area contributed by atoms with Gasteiger partial charge in [0.05, 0.1) is 11.1 Å². The first-order valence-corrected chi connectivity index (χ1v) is 9.49. The number of ketones is 1. The third kappa shape index (κ3) is 4.03. The van der Waals surface area contributed by atoms with Crippen LogP contribution in [0.2, 0.25) is 5.02 Å². The zero-order valence-corrected chi connectivity index (χ0v) is 17.3. The van der Waals surface area contributed by atoms with E-state index in [0.717, 1.165) is 11.3 Å². The van der Waals surface area contributed by atoms with E-state index < -0.39 is 5.82 Å². The van der Waals surface area contributed by atoms with Gasteiger partial charge in [0.2, 0.25) is 0 Å². The molecule has 0 fully saturated rings. The van der Waals surface area contributed by atoms with Crippen molar-refractivity contribution in [2.45, 2.75) is 26.5 Å². The molecule has 2 aromatic rings. The van der Waals surface area contributed by atoms with Crippen molar-refractivity contribution in [2.75, 3.05) is 7.05 Å². The number of nitrogens with zero attached hydrogens (tertiary/aromatic N) is 1. The number of carbonyl (C=O) groups excluding carboxylic acids is 1. The largest absolute Gasteiger partial charge is 0.489 e. The van der Waals surface area contributed by atoms with E-state index in [1.165, 1.54) is 6.07 Å². The molecule has 0 aromatic heterocycles. The SMILES string of the molecule is CC(=O)C1=C(C)N(C)C(=S)NC1c1ccc(OCc2c(F)cccc2Cl)cc1. The Bertz CT molecular complexity index is 939. The molecule has 0 radical (unpaired) electrons. The summed E-state index contributed by atoms with van der Waals surface area (Å²) in [4.78, 5) is 14.0. The summed E-state index contributed by atoms with van der Waals surface area (Å²) in [5, 5.41) is 4.09. The summed E-state index contributed by atoms with van der Waals surface area (Å²) >= 11 is 11.4. The van der Waals surface area contributed by atoms with Gasteiger partial charge in [0.25, 0.3) is 0 Å². The highest BCUT2D eigenvalue weighted by Gasteiger charge is 2.30. The molecule has 1 N–H and O–H groups in total. The van der Waals surface area contributed by atoms with E-state index >= 15 is 0 Å². The number of benzene rings is 2. The Morgan fingerprint density at radius 1 is 1.29 bits per heavy atom. The van der Waals surface area contributed by atoms with Crippen molar-refractivity contribution in [1.29, 1.82) is 0 Å². The van der Waals surface area contributed by atoms with Crippen molar-refractivity contribution >= 4 is 34.7 Å². The molecule has 146 valence electrons. The lowest BCUT2D eigenvalue weighted by Gasteiger charge is -2.35. The fraction of sp³-hybridized carbons (Fsp3) is 0.238. The summed E-state index contributed by atoms with van der Waals surface area (Å²) in [7, 11) is 1.83. The molecule has 1 aliphatic rings. The lowest BCUT2D eigenvalue weighted by atomic mass is 9.92. The number of rotatable bonds is 5. The van der Waals surface area contributed by atoms with Crippen molar-refractivity contribution in [2.24, 2.45) is 0 Å². The van der Waals surface area contributed by atoms with Crippen LogP contribution < -0.4 is 10.1 Å². The predicted octanol–water partition coefficient (Wildman–Crippen LogP) is 4.78. The van der Waals surface area contributed by atoms with Gasteiger partial charge < -0.3 is 15.0 Å². The highest BCUT2D eigenvalue weighted by molar-refractivity contribution is 7.80. The second-order valence-corrected chi connectivity index (χ2v) is 7.35. The minimum absolute atomic E-state index is 0.0149. The minimum Gasteiger partial charge on any atom is -0.489 e. The van der Waals surface area contributed by atoms with Crippen LogP contribution in [0.15, 0.2) is 53.7 Å². The molecule has 1 unspecified atom stereocenters. The fourth-order valence-electron chi connectivity index (χ4n) is 3.12. The average molecular weight is 419 g/mol. The Balaban J connectivity index is 1.80. The van der Waals surface area contributed by atoms with Crippen LogP contribution >= 0.6 is 23.8 Å². The van der Waals surface area contributed by atoms with E-state index in [1.54, 1.807) is 36.1 Å². The van der Waals surface area contributed by atoms with Gasteiger partial charge in [-0.25, -0.2) is 4.39 Å². The van der Waals surface area contributed by atoms with E-state index in [4.69, 9.17) is 28.6 Å². The first kappa shape index (κ1) is 20.3. The van der Waals surface area contributed by atoms with Crippen LogP contribution in [0, 0.1) is 5.82 Å². The number of nitrogens with one attached hydrogen (secondary N) is 1. The number of thiocarbonyl (C=S) groups is 1. The molecular formula is C21H20ClFN2O2S. The summed E-state index contributed by atoms with van der Waals surface area (Å²) in [6, 6.07) is 11.5. The van der Waals surface area contributed by atoms with Crippen molar-refractivity contribution in [1.82, 2.24) is 10.2 Å². The van der Waals surface area contributed by atoms with E-state index in [0.29, 0.717) is 27.0 Å². The van der Waals surface area contributed by atoms with Gasteiger partial charge in [0.1, 0.15) is 18.2 Å². The van der Waals surface area contributed by atoms with Crippen LogP contribution in [0.1, 0.15) is 31.0 Å². The highest BCUT2D eigenvalue weighted by Crippen LogP contribution is 2.31. The van der Waals surface area contributed by atoms with Crippen LogP contribution in [0.4, 0.5) is 4.39 Å². The molecule has 3 rings (SSSR count). The van der Waals surface area contributed by atoms with Gasteiger partial charge in [-0.3, -0.25) is 4.79 Å². The van der Waals surface area contributed by atoms with Gasteiger partial charge in [-0.15, -0.1) is 0 Å². The number of carbonyl (C=O) groups is 1. The first-order valence-electron chi connectivity index (χ1n) is 8.71. The molecule has 7 heteroatoms. The van der Waals surface area contributed by atoms with Gasteiger partial charge in [-0.1, -0.05) is 29.8 Å². The zero-order valence-electron chi connectivity index (χ0n) is 15.8. The van der Waals surface area contributed by atoms with Gasteiger partial charge in [0.15, 0.2) is 10.9 Å². The molecule has 0 aliphatic carbocycles. The highest BCUT2D eigenvalue weighted by atomic mass is 35.5. The Morgan fingerprint density at radius 2 is 1.96 bits per heavy atom. The monoisotopic (exact) mass is 418 g/mol. The number of hydrogen-bond donors (Lipinski definition) is 1. The smallest absolute Gasteiger partial charge is 0.173 e. The molecule has 1 heterocycles. The molecule has 2 aromatic carbocycles. The summed E-state index contributed by atoms with van der Waals surface area (Å²) in [5.41, 5.74) is 2.70. The number of Topliss-reactive ketones (excluding diaryl/α,β-unsaturated/α-hetero) is 1. The zero-order chi connectivity index (χ0) is 20.4. The third-order valence-electron chi connectivity index (χ3n) is 4.79. The maximum atomic E-state index is 13.9. The van der Waals surface area contributed by atoms with Crippen molar-refractivity contribution in [3.63, 3.8) is 0 Å². The van der Waals surface area contributed by atoms with Crippen LogP contribution in [0.25, 0.3) is 0 Å². The lowest BCUT2D eigenvalue weighted by molar-refractivity contribution is -0.114. The lowest BCUT2D eigenvalue weighted by Crippen LogP contribution is -2.45. The topological polar surface area (TPSA) is 41.6 Å². The summed E-state index contributed by atoms with van der Waals surface area (Å²) in [6.45, 7) is 3.46. The van der Waals surface area contributed by atoms with Gasteiger partial charge in [-0.2, -0.15) is 0 Å². The molecule has 0 amide bonds. The van der Waals surface area contributed by atoms with Crippen molar-refractivity contribution in [3.8, 4) is 5.75 Å². The van der Waals surface area contributed by atoms with Crippen LogP contribution in [0.5, 0.6) is 5.75 Å². The third-order valence-corrected chi connectivity index (χ3v) is 5.54. The van der Waals surface area contributed by atoms with Crippen molar-refractivity contribution in [3.05, 3.63) is 75.7 Å². The van der Waals surface area contributed by atoms with Crippen LogP contribution in [0.3, 0.4) is 0 Å². The number of hydrogen-bond acceptors (Lipinski definition) is 3. The standard InChI is InChI=1S/C21H20ClFN2O2S/c1-12-19(13(2)26)20(24-21(28)25(12)3)14-7-9-15(10-8-14)27-11-16-17(22)5-4-6-18(16)23/h4-10,20H,11H2,1-3H3,(H,24,28). The maximum Gasteiger partial charge on any atom is 0.173 e. The summed E-state index contributed by atoms with van der Waals surface area (Å²) in [5.74, 6) is 0.155. The molecule has 1 aliphatic heterocycles. The Kier molecular flexibility index (Phi) is 6.01. The van der Waals surface area contributed by atoms with E-state index in [1.807, 2.05) is 26.1 Å².